The number of rotatable bonds is 4. The molecule has 2 heterocycles. The van der Waals surface area contributed by atoms with Crippen LogP contribution in [0.5, 0.6) is 5.88 Å². The highest BCUT2D eigenvalue weighted by atomic mass is 35.5. The van der Waals surface area contributed by atoms with Crippen LogP contribution in [0, 0.1) is 5.82 Å². The molecule has 0 saturated carbocycles. The molecule has 2 amide bonds. The lowest BCUT2D eigenvalue weighted by Gasteiger charge is -2.34. The zero-order valence-electron chi connectivity index (χ0n) is 15.1. The molecule has 9 heteroatoms. The zero-order valence-corrected chi connectivity index (χ0v) is 16.6. The maximum Gasteiger partial charge on any atom is 0.274 e. The highest BCUT2D eigenvalue weighted by Gasteiger charge is 2.28. The van der Waals surface area contributed by atoms with Gasteiger partial charge in [0.1, 0.15) is 5.82 Å². The number of ether oxygens (including phenoxy) is 1. The zero-order chi connectivity index (χ0) is 20.3. The third-order valence-electron chi connectivity index (χ3n) is 4.33. The van der Waals surface area contributed by atoms with Gasteiger partial charge in [0.25, 0.3) is 11.8 Å². The SMILES string of the molecule is CCOc1ccc(Cl)c(C(=O)N2CCN(C(=O)c3ccc(F)cc3Cl)CC2)n1. The summed E-state index contributed by atoms with van der Waals surface area (Å²) in [5.41, 5.74) is 0.353. The first-order valence-corrected chi connectivity index (χ1v) is 9.49. The smallest absolute Gasteiger partial charge is 0.274 e. The molecule has 2 aromatic rings. The van der Waals surface area contributed by atoms with Crippen molar-refractivity contribution < 1.29 is 18.7 Å². The predicted molar refractivity (Wildman–Crippen MR) is 104 cm³/mol. The van der Waals surface area contributed by atoms with Crippen LogP contribution < -0.4 is 4.74 Å². The summed E-state index contributed by atoms with van der Waals surface area (Å²) in [4.78, 5) is 32.7. The number of benzene rings is 1. The maximum absolute atomic E-state index is 13.2. The number of nitrogens with zero attached hydrogens (tertiary/aromatic N) is 3. The summed E-state index contributed by atoms with van der Waals surface area (Å²) in [5.74, 6) is -0.796. The first kappa shape index (κ1) is 20.4. The number of halogens is 3. The van der Waals surface area contributed by atoms with Crippen molar-refractivity contribution in [2.75, 3.05) is 32.8 Å². The Morgan fingerprint density at radius 3 is 2.29 bits per heavy atom. The number of amides is 2. The number of hydrogen-bond acceptors (Lipinski definition) is 4. The minimum atomic E-state index is -0.504. The van der Waals surface area contributed by atoms with Crippen molar-refractivity contribution in [3.63, 3.8) is 0 Å². The number of pyridine rings is 1. The van der Waals surface area contributed by atoms with Crippen LogP contribution in [0.2, 0.25) is 10.0 Å². The van der Waals surface area contributed by atoms with Crippen molar-refractivity contribution >= 4 is 35.0 Å². The standard InChI is InChI=1S/C19H18Cl2FN3O3/c1-2-28-16-6-5-14(20)17(23-16)19(27)25-9-7-24(8-10-25)18(26)13-4-3-12(22)11-15(13)21/h3-6,11H,2,7-10H2,1H3. The number of carbonyl (C=O) groups excluding carboxylic acids is 2. The second kappa shape index (κ2) is 8.75. The van der Waals surface area contributed by atoms with Gasteiger partial charge in [-0.3, -0.25) is 9.59 Å². The summed E-state index contributed by atoms with van der Waals surface area (Å²) in [6.45, 7) is 3.53. The molecule has 1 saturated heterocycles. The van der Waals surface area contributed by atoms with Gasteiger partial charge in [0.15, 0.2) is 5.69 Å². The molecule has 3 rings (SSSR count). The highest BCUT2D eigenvalue weighted by molar-refractivity contribution is 6.34. The van der Waals surface area contributed by atoms with Gasteiger partial charge in [-0.25, -0.2) is 9.37 Å². The molecule has 148 valence electrons. The fourth-order valence-electron chi connectivity index (χ4n) is 2.90. The summed E-state index contributed by atoms with van der Waals surface area (Å²) in [6, 6.07) is 6.83. The highest BCUT2D eigenvalue weighted by Crippen LogP contribution is 2.22. The Labute approximate surface area is 171 Å². The molecule has 6 nitrogen and oxygen atoms in total. The van der Waals surface area contributed by atoms with E-state index in [0.29, 0.717) is 38.7 Å². The van der Waals surface area contributed by atoms with Gasteiger partial charge >= 0.3 is 0 Å². The maximum atomic E-state index is 13.2. The van der Waals surface area contributed by atoms with Gasteiger partial charge in [0.05, 0.1) is 22.2 Å². The van der Waals surface area contributed by atoms with Gasteiger partial charge in [0.2, 0.25) is 5.88 Å². The van der Waals surface area contributed by atoms with Crippen LogP contribution in [0.1, 0.15) is 27.8 Å². The molecule has 1 aromatic heterocycles. The van der Waals surface area contributed by atoms with E-state index in [1.54, 1.807) is 21.9 Å². The molecule has 0 atom stereocenters. The summed E-state index contributed by atoms with van der Waals surface area (Å²) in [6.07, 6.45) is 0. The van der Waals surface area contributed by atoms with Crippen molar-refractivity contribution in [1.82, 2.24) is 14.8 Å². The van der Waals surface area contributed by atoms with E-state index < -0.39 is 5.82 Å². The number of aromatic nitrogens is 1. The molecule has 1 fully saturated rings. The molecule has 0 unspecified atom stereocenters. The van der Waals surface area contributed by atoms with E-state index in [1.807, 2.05) is 6.92 Å². The molecule has 28 heavy (non-hydrogen) atoms. The number of piperazine rings is 1. The van der Waals surface area contributed by atoms with Crippen molar-refractivity contribution in [2.45, 2.75) is 6.92 Å². The molecular formula is C19H18Cl2FN3O3. The second-order valence-electron chi connectivity index (χ2n) is 6.12. The third-order valence-corrected chi connectivity index (χ3v) is 4.95. The first-order valence-electron chi connectivity index (χ1n) is 8.73. The Morgan fingerprint density at radius 1 is 1.04 bits per heavy atom. The van der Waals surface area contributed by atoms with Gasteiger partial charge in [-0.1, -0.05) is 23.2 Å². The van der Waals surface area contributed by atoms with Gasteiger partial charge < -0.3 is 14.5 Å². The van der Waals surface area contributed by atoms with Gasteiger partial charge in [-0.2, -0.15) is 0 Å². The van der Waals surface area contributed by atoms with Crippen molar-refractivity contribution in [3.05, 3.63) is 57.5 Å². The normalized spacial score (nSPS) is 14.1. The Bertz CT molecular complexity index is 902. The second-order valence-corrected chi connectivity index (χ2v) is 6.94. The summed E-state index contributed by atoms with van der Waals surface area (Å²) in [5, 5.41) is 0.303. The minimum absolute atomic E-state index is 0.0622. The molecule has 0 N–H and O–H groups in total. The summed E-state index contributed by atoms with van der Waals surface area (Å²) in [7, 11) is 0. The van der Waals surface area contributed by atoms with Crippen LogP contribution in [-0.4, -0.2) is 59.4 Å². The average molecular weight is 426 g/mol. The first-order chi connectivity index (χ1) is 13.4. The van der Waals surface area contributed by atoms with Crippen molar-refractivity contribution in [1.29, 1.82) is 0 Å². The minimum Gasteiger partial charge on any atom is -0.478 e. The molecule has 0 aliphatic carbocycles. The van der Waals surface area contributed by atoms with Gasteiger partial charge in [0, 0.05) is 32.2 Å². The van der Waals surface area contributed by atoms with E-state index in [2.05, 4.69) is 4.98 Å². The monoisotopic (exact) mass is 425 g/mol. The molecule has 0 spiro atoms. The van der Waals surface area contributed by atoms with E-state index >= 15 is 0 Å². The van der Waals surface area contributed by atoms with Crippen molar-refractivity contribution in [2.24, 2.45) is 0 Å². The van der Waals surface area contributed by atoms with E-state index in [1.165, 1.54) is 12.1 Å². The third kappa shape index (κ3) is 4.36. The summed E-state index contributed by atoms with van der Waals surface area (Å²) < 4.78 is 18.5. The molecule has 1 aromatic carbocycles. The predicted octanol–water partition coefficient (Wildman–Crippen LogP) is 3.52. The van der Waals surface area contributed by atoms with E-state index in [0.717, 1.165) is 6.07 Å². The van der Waals surface area contributed by atoms with E-state index in [9.17, 15) is 14.0 Å². The van der Waals surface area contributed by atoms with Crippen LogP contribution in [0.3, 0.4) is 0 Å². The van der Waals surface area contributed by atoms with Gasteiger partial charge in [-0.15, -0.1) is 0 Å². The van der Waals surface area contributed by atoms with Crippen LogP contribution in [-0.2, 0) is 0 Å². The Kier molecular flexibility index (Phi) is 6.36. The molecule has 0 radical (unpaired) electrons. The molecule has 0 bridgehead atoms. The fourth-order valence-corrected chi connectivity index (χ4v) is 3.33. The number of carbonyl (C=O) groups is 2. The Morgan fingerprint density at radius 2 is 1.68 bits per heavy atom. The lowest BCUT2D eigenvalue weighted by atomic mass is 10.1. The van der Waals surface area contributed by atoms with E-state index in [-0.39, 0.29) is 33.1 Å². The van der Waals surface area contributed by atoms with Crippen LogP contribution >= 0.6 is 23.2 Å². The largest absolute Gasteiger partial charge is 0.478 e. The Hall–Kier alpha value is -2.38. The van der Waals surface area contributed by atoms with Crippen LogP contribution in [0.4, 0.5) is 4.39 Å². The van der Waals surface area contributed by atoms with Crippen molar-refractivity contribution in [3.8, 4) is 5.88 Å². The van der Waals surface area contributed by atoms with Crippen LogP contribution in [0.25, 0.3) is 0 Å². The molecular weight excluding hydrogens is 408 g/mol. The summed E-state index contributed by atoms with van der Waals surface area (Å²) >= 11 is 12.1. The lowest BCUT2D eigenvalue weighted by molar-refractivity contribution is 0.0532. The lowest BCUT2D eigenvalue weighted by Crippen LogP contribution is -2.50. The fraction of sp³-hybridized carbons (Fsp3) is 0.316. The number of hydrogen-bond donors (Lipinski definition) is 0. The topological polar surface area (TPSA) is 62.7 Å². The average Bonchev–Trinajstić information content (AvgIpc) is 2.69. The molecule has 1 aliphatic heterocycles. The van der Waals surface area contributed by atoms with E-state index in [4.69, 9.17) is 27.9 Å². The Balaban J connectivity index is 1.67. The quantitative estimate of drug-likeness (QED) is 0.751. The van der Waals surface area contributed by atoms with Gasteiger partial charge in [-0.05, 0) is 31.2 Å². The van der Waals surface area contributed by atoms with Crippen LogP contribution in [0.15, 0.2) is 30.3 Å². The molecule has 1 aliphatic rings.